The Morgan fingerprint density at radius 1 is 1.03 bits per heavy atom. The molecule has 9 heteroatoms. The van der Waals surface area contributed by atoms with E-state index in [-0.39, 0.29) is 30.6 Å². The van der Waals surface area contributed by atoms with Crippen molar-refractivity contribution in [3.05, 3.63) is 84.2 Å². The summed E-state index contributed by atoms with van der Waals surface area (Å²) in [5.41, 5.74) is 2.02. The first kappa shape index (κ1) is 25.2. The van der Waals surface area contributed by atoms with Crippen LogP contribution >= 0.6 is 11.8 Å². The lowest BCUT2D eigenvalue weighted by molar-refractivity contribution is -0.128. The van der Waals surface area contributed by atoms with Crippen molar-refractivity contribution in [2.24, 2.45) is 4.99 Å². The average molecular weight is 508 g/mol. The van der Waals surface area contributed by atoms with Crippen LogP contribution in [0.2, 0.25) is 0 Å². The minimum Gasteiger partial charge on any atom is -0.497 e. The summed E-state index contributed by atoms with van der Waals surface area (Å²) in [6, 6.07) is 20.2. The van der Waals surface area contributed by atoms with Crippen LogP contribution in [0.5, 0.6) is 11.5 Å². The molecule has 0 spiro atoms. The van der Waals surface area contributed by atoms with E-state index >= 15 is 0 Å². The molecular weight excluding hydrogens is 481 g/mol. The van der Waals surface area contributed by atoms with Crippen molar-refractivity contribution in [1.82, 2.24) is 4.90 Å². The van der Waals surface area contributed by atoms with Crippen LogP contribution < -0.4 is 14.8 Å². The molecule has 1 N–H and O–H groups in total. The van der Waals surface area contributed by atoms with E-state index in [2.05, 4.69) is 10.3 Å². The number of nitrogens with one attached hydrogen (secondary N) is 1. The van der Waals surface area contributed by atoms with Gasteiger partial charge < -0.3 is 14.8 Å². The monoisotopic (exact) mass is 507 g/mol. The molecule has 1 saturated heterocycles. The molecule has 186 valence electrons. The van der Waals surface area contributed by atoms with Gasteiger partial charge in [-0.2, -0.15) is 0 Å². The number of amides is 2. The molecule has 1 atom stereocenters. The molecule has 1 fully saturated rings. The third-order valence-corrected chi connectivity index (χ3v) is 6.57. The number of amidine groups is 1. The van der Waals surface area contributed by atoms with Gasteiger partial charge in [0.1, 0.15) is 22.6 Å². The number of halogens is 1. The number of ether oxygens (including phenoxy) is 2. The third kappa shape index (κ3) is 6.42. The Kier molecular flexibility index (Phi) is 8.22. The summed E-state index contributed by atoms with van der Waals surface area (Å²) in [5, 5.41) is 2.66. The maximum absolute atomic E-state index is 13.4. The summed E-state index contributed by atoms with van der Waals surface area (Å²) in [6.45, 7) is 2.74. The van der Waals surface area contributed by atoms with E-state index in [0.717, 1.165) is 5.56 Å². The minimum atomic E-state index is -0.634. The molecule has 3 aromatic rings. The Bertz CT molecular complexity index is 1230. The summed E-state index contributed by atoms with van der Waals surface area (Å²) >= 11 is 1.23. The third-order valence-electron chi connectivity index (χ3n) is 5.39. The second-order valence-corrected chi connectivity index (χ2v) is 9.13. The largest absolute Gasteiger partial charge is 0.497 e. The van der Waals surface area contributed by atoms with Crippen LogP contribution in [-0.2, 0) is 16.1 Å². The molecular formula is C27H26FN3O4S. The summed E-state index contributed by atoms with van der Waals surface area (Å²) < 4.78 is 24.0. The zero-order chi connectivity index (χ0) is 25.5. The van der Waals surface area contributed by atoms with Gasteiger partial charge in [0.05, 0.1) is 25.9 Å². The highest BCUT2D eigenvalue weighted by Crippen LogP contribution is 2.33. The van der Waals surface area contributed by atoms with Gasteiger partial charge in [0.15, 0.2) is 5.17 Å². The van der Waals surface area contributed by atoms with Crippen LogP contribution in [0.25, 0.3) is 0 Å². The maximum atomic E-state index is 13.4. The van der Waals surface area contributed by atoms with Gasteiger partial charge in [0, 0.05) is 12.1 Å². The van der Waals surface area contributed by atoms with E-state index in [4.69, 9.17) is 9.47 Å². The fraction of sp³-hybridized carbons (Fsp3) is 0.222. The molecule has 2 amide bonds. The van der Waals surface area contributed by atoms with Gasteiger partial charge in [-0.15, -0.1) is 0 Å². The second-order valence-electron chi connectivity index (χ2n) is 7.96. The number of benzene rings is 3. The Hall–Kier alpha value is -3.85. The SMILES string of the molecule is CCOc1ccc(NC(=O)C[C@H]2SC(=Nc3ccc(F)cc3)N(Cc3ccc(OC)cc3)C2=O)cc1. The first-order valence-corrected chi connectivity index (χ1v) is 12.3. The van der Waals surface area contributed by atoms with Crippen LogP contribution in [0.4, 0.5) is 15.8 Å². The van der Waals surface area contributed by atoms with Crippen LogP contribution in [0.3, 0.4) is 0 Å². The lowest BCUT2D eigenvalue weighted by atomic mass is 10.2. The van der Waals surface area contributed by atoms with E-state index in [9.17, 15) is 14.0 Å². The summed E-state index contributed by atoms with van der Waals surface area (Å²) in [4.78, 5) is 32.2. The van der Waals surface area contributed by atoms with Gasteiger partial charge in [0.25, 0.3) is 0 Å². The van der Waals surface area contributed by atoms with Crippen LogP contribution in [0.15, 0.2) is 77.8 Å². The molecule has 0 aromatic heterocycles. The number of nitrogens with zero attached hydrogens (tertiary/aromatic N) is 2. The Labute approximate surface area is 213 Å². The molecule has 0 radical (unpaired) electrons. The first-order valence-electron chi connectivity index (χ1n) is 11.4. The predicted octanol–water partition coefficient (Wildman–Crippen LogP) is 5.39. The zero-order valence-electron chi connectivity index (χ0n) is 19.9. The minimum absolute atomic E-state index is 0.0156. The lowest BCUT2D eigenvalue weighted by Crippen LogP contribution is -2.33. The molecule has 3 aromatic carbocycles. The normalized spacial score (nSPS) is 16.3. The smallest absolute Gasteiger partial charge is 0.242 e. The van der Waals surface area contributed by atoms with Crippen molar-refractivity contribution in [2.75, 3.05) is 19.0 Å². The van der Waals surface area contributed by atoms with Crippen molar-refractivity contribution in [3.8, 4) is 11.5 Å². The highest BCUT2D eigenvalue weighted by molar-refractivity contribution is 8.15. The quantitative estimate of drug-likeness (QED) is 0.420. The van der Waals surface area contributed by atoms with E-state index in [1.807, 2.05) is 31.2 Å². The van der Waals surface area contributed by atoms with E-state index in [1.165, 1.54) is 23.9 Å². The zero-order valence-corrected chi connectivity index (χ0v) is 20.8. The number of methoxy groups -OCH3 is 1. The number of carbonyl (C=O) groups excluding carboxylic acids is 2. The summed E-state index contributed by atoms with van der Waals surface area (Å²) in [5.74, 6) is 0.571. The molecule has 7 nitrogen and oxygen atoms in total. The molecule has 4 rings (SSSR count). The van der Waals surface area contributed by atoms with Crippen LogP contribution in [0, 0.1) is 5.82 Å². The van der Waals surface area contributed by atoms with E-state index in [0.29, 0.717) is 34.6 Å². The topological polar surface area (TPSA) is 80.2 Å². The maximum Gasteiger partial charge on any atom is 0.242 e. The number of hydrogen-bond donors (Lipinski definition) is 1. The number of thioether (sulfide) groups is 1. The van der Waals surface area contributed by atoms with Crippen molar-refractivity contribution in [2.45, 2.75) is 25.1 Å². The molecule has 0 saturated carbocycles. The highest BCUT2D eigenvalue weighted by atomic mass is 32.2. The van der Waals surface area contributed by atoms with Crippen molar-refractivity contribution >= 4 is 40.1 Å². The van der Waals surface area contributed by atoms with Crippen LogP contribution in [-0.4, -0.2) is 40.8 Å². The number of anilines is 1. The van der Waals surface area contributed by atoms with Crippen molar-refractivity contribution < 1.29 is 23.5 Å². The number of aliphatic imine (C=N–C) groups is 1. The number of carbonyl (C=O) groups is 2. The molecule has 1 aliphatic rings. The molecule has 1 aliphatic heterocycles. The number of rotatable bonds is 9. The van der Waals surface area contributed by atoms with Gasteiger partial charge in [-0.3, -0.25) is 14.5 Å². The predicted molar refractivity (Wildman–Crippen MR) is 139 cm³/mol. The lowest BCUT2D eigenvalue weighted by Gasteiger charge is -2.17. The Morgan fingerprint density at radius 3 is 2.33 bits per heavy atom. The van der Waals surface area contributed by atoms with Gasteiger partial charge >= 0.3 is 0 Å². The first-order chi connectivity index (χ1) is 17.4. The molecule has 0 unspecified atom stereocenters. The molecule has 36 heavy (non-hydrogen) atoms. The molecule has 0 aliphatic carbocycles. The second kappa shape index (κ2) is 11.7. The van der Waals surface area contributed by atoms with Gasteiger partial charge in [-0.1, -0.05) is 23.9 Å². The molecule has 0 bridgehead atoms. The van der Waals surface area contributed by atoms with Crippen molar-refractivity contribution in [3.63, 3.8) is 0 Å². The molecule has 1 heterocycles. The fourth-order valence-electron chi connectivity index (χ4n) is 3.59. The average Bonchev–Trinajstić information content (AvgIpc) is 3.16. The summed E-state index contributed by atoms with van der Waals surface area (Å²) in [7, 11) is 1.59. The van der Waals surface area contributed by atoms with E-state index < -0.39 is 5.25 Å². The van der Waals surface area contributed by atoms with Gasteiger partial charge in [0.2, 0.25) is 11.8 Å². The number of hydrogen-bond acceptors (Lipinski definition) is 6. The fourth-order valence-corrected chi connectivity index (χ4v) is 4.75. The van der Waals surface area contributed by atoms with Crippen LogP contribution in [0.1, 0.15) is 18.9 Å². The highest BCUT2D eigenvalue weighted by Gasteiger charge is 2.39. The summed E-state index contributed by atoms with van der Waals surface area (Å²) in [6.07, 6.45) is -0.0156. The van der Waals surface area contributed by atoms with Gasteiger partial charge in [-0.25, -0.2) is 9.38 Å². The van der Waals surface area contributed by atoms with Crippen molar-refractivity contribution in [1.29, 1.82) is 0 Å². The van der Waals surface area contributed by atoms with Gasteiger partial charge in [-0.05, 0) is 73.2 Å². The Morgan fingerprint density at radius 2 is 1.69 bits per heavy atom. The standard InChI is InChI=1S/C27H26FN3O4S/c1-3-35-23-14-10-20(11-15-23)29-25(32)16-24-26(33)31(17-18-4-12-22(34-2)13-5-18)27(36-24)30-21-8-6-19(28)7-9-21/h4-15,24H,3,16-17H2,1-2H3,(H,29,32)/t24-/m1/s1. The van der Waals surface area contributed by atoms with E-state index in [1.54, 1.807) is 48.4 Å². The Balaban J connectivity index is 1.50.